The van der Waals surface area contributed by atoms with Gasteiger partial charge in [0.05, 0.1) is 24.4 Å². The van der Waals surface area contributed by atoms with Crippen molar-refractivity contribution in [2.24, 2.45) is 0 Å². The van der Waals surface area contributed by atoms with Gasteiger partial charge in [-0.3, -0.25) is 0 Å². The molecule has 0 saturated carbocycles. The highest BCUT2D eigenvalue weighted by atomic mass is 32.1. The molecule has 0 bridgehead atoms. The predicted octanol–water partition coefficient (Wildman–Crippen LogP) is 4.25. The van der Waals surface area contributed by atoms with Gasteiger partial charge in [0.1, 0.15) is 10.8 Å². The van der Waals surface area contributed by atoms with E-state index in [2.05, 4.69) is 41.9 Å². The molecule has 0 aliphatic carbocycles. The van der Waals surface area contributed by atoms with Crippen molar-refractivity contribution in [1.82, 2.24) is 10.3 Å². The summed E-state index contributed by atoms with van der Waals surface area (Å²) in [6.45, 7) is 2.11. The Labute approximate surface area is 128 Å². The van der Waals surface area contributed by atoms with Gasteiger partial charge in [0.2, 0.25) is 0 Å². The summed E-state index contributed by atoms with van der Waals surface area (Å²) >= 11 is 1.68. The number of hydrogen-bond acceptors (Lipinski definition) is 4. The molecule has 4 heteroatoms. The summed E-state index contributed by atoms with van der Waals surface area (Å²) in [7, 11) is 3.65. The lowest BCUT2D eigenvalue weighted by molar-refractivity contribution is 0.417. The quantitative estimate of drug-likeness (QED) is 0.782. The van der Waals surface area contributed by atoms with Gasteiger partial charge in [0.25, 0.3) is 0 Å². The number of ether oxygens (including phenoxy) is 1. The van der Waals surface area contributed by atoms with Crippen molar-refractivity contribution in [3.05, 3.63) is 46.8 Å². The smallest absolute Gasteiger partial charge is 0.128 e. The molecule has 0 fully saturated rings. The number of nitrogens with zero attached hydrogens (tertiary/aromatic N) is 1. The third-order valence-electron chi connectivity index (χ3n) is 3.69. The van der Waals surface area contributed by atoms with E-state index in [1.165, 1.54) is 10.8 Å². The van der Waals surface area contributed by atoms with Gasteiger partial charge in [-0.1, -0.05) is 30.3 Å². The molecule has 1 aromatic heterocycles. The maximum atomic E-state index is 5.55. The van der Waals surface area contributed by atoms with Gasteiger partial charge < -0.3 is 10.1 Å². The second-order valence-electron chi connectivity index (χ2n) is 4.95. The Morgan fingerprint density at radius 2 is 2.00 bits per heavy atom. The summed E-state index contributed by atoms with van der Waals surface area (Å²) < 4.78 is 5.55. The van der Waals surface area contributed by atoms with E-state index in [1.54, 1.807) is 18.4 Å². The first-order valence-electron chi connectivity index (χ1n) is 6.93. The van der Waals surface area contributed by atoms with Gasteiger partial charge in [-0.05, 0) is 30.8 Å². The average molecular weight is 298 g/mol. The van der Waals surface area contributed by atoms with Crippen molar-refractivity contribution in [2.75, 3.05) is 14.2 Å². The number of methoxy groups -OCH3 is 1. The molecule has 3 nitrogen and oxygen atoms in total. The number of fused-ring (bicyclic) bond motifs is 1. The molecule has 0 saturated heterocycles. The van der Waals surface area contributed by atoms with Crippen LogP contribution in [0.2, 0.25) is 0 Å². The van der Waals surface area contributed by atoms with Crippen molar-refractivity contribution in [3.63, 3.8) is 0 Å². The van der Waals surface area contributed by atoms with Crippen molar-refractivity contribution in [3.8, 4) is 17.0 Å². The number of nitrogens with one attached hydrogen (secondary N) is 1. The number of benzene rings is 2. The molecule has 0 radical (unpaired) electrons. The normalized spacial score (nSPS) is 12.5. The van der Waals surface area contributed by atoms with E-state index in [-0.39, 0.29) is 6.04 Å². The Balaban J connectivity index is 2.20. The van der Waals surface area contributed by atoms with Gasteiger partial charge in [-0.25, -0.2) is 4.98 Å². The van der Waals surface area contributed by atoms with Crippen LogP contribution in [-0.2, 0) is 0 Å². The minimum Gasteiger partial charge on any atom is -0.496 e. The van der Waals surface area contributed by atoms with Gasteiger partial charge in [-0.15, -0.1) is 11.3 Å². The molecule has 21 heavy (non-hydrogen) atoms. The fourth-order valence-corrected chi connectivity index (χ4v) is 3.29. The molecular weight excluding hydrogens is 280 g/mol. The second kappa shape index (κ2) is 5.84. The van der Waals surface area contributed by atoms with E-state index in [9.17, 15) is 0 Å². The minimum atomic E-state index is 0.254. The Morgan fingerprint density at radius 1 is 1.19 bits per heavy atom. The SMILES string of the molecule is CNC(C)c1nc(-c2c(OC)ccc3ccccc23)cs1. The molecule has 3 rings (SSSR count). The highest BCUT2D eigenvalue weighted by Crippen LogP contribution is 2.37. The van der Waals surface area contributed by atoms with Crippen molar-refractivity contribution in [2.45, 2.75) is 13.0 Å². The fraction of sp³-hybridized carbons (Fsp3) is 0.235. The highest BCUT2D eigenvalue weighted by molar-refractivity contribution is 7.10. The first-order chi connectivity index (χ1) is 10.2. The van der Waals surface area contributed by atoms with Gasteiger partial charge >= 0.3 is 0 Å². The van der Waals surface area contributed by atoms with Crippen LogP contribution in [0.3, 0.4) is 0 Å². The Kier molecular flexibility index (Phi) is 3.90. The van der Waals surface area contributed by atoms with Crippen LogP contribution in [0.5, 0.6) is 5.75 Å². The Hall–Kier alpha value is -1.91. The Morgan fingerprint density at radius 3 is 2.76 bits per heavy atom. The molecule has 0 spiro atoms. The maximum Gasteiger partial charge on any atom is 0.128 e. The highest BCUT2D eigenvalue weighted by Gasteiger charge is 2.15. The first-order valence-corrected chi connectivity index (χ1v) is 7.81. The molecule has 2 aromatic carbocycles. The Bertz CT molecular complexity index is 766. The zero-order valence-electron chi connectivity index (χ0n) is 12.4. The van der Waals surface area contributed by atoms with Crippen LogP contribution in [0.25, 0.3) is 22.0 Å². The predicted molar refractivity (Wildman–Crippen MR) is 89.1 cm³/mol. The van der Waals surface area contributed by atoms with E-state index < -0.39 is 0 Å². The molecule has 108 valence electrons. The minimum absolute atomic E-state index is 0.254. The molecule has 0 aliphatic rings. The molecule has 0 amide bonds. The molecule has 1 atom stereocenters. The summed E-state index contributed by atoms with van der Waals surface area (Å²) in [6.07, 6.45) is 0. The zero-order valence-corrected chi connectivity index (χ0v) is 13.2. The van der Waals surface area contributed by atoms with Crippen molar-refractivity contribution >= 4 is 22.1 Å². The molecular formula is C17H18N2OS. The third kappa shape index (κ3) is 2.52. The van der Waals surface area contributed by atoms with Crippen LogP contribution >= 0.6 is 11.3 Å². The maximum absolute atomic E-state index is 5.55. The number of thiazole rings is 1. The second-order valence-corrected chi connectivity index (χ2v) is 5.83. The fourth-order valence-electron chi connectivity index (χ4n) is 2.41. The monoisotopic (exact) mass is 298 g/mol. The van der Waals surface area contributed by atoms with Crippen LogP contribution in [0.15, 0.2) is 41.8 Å². The lowest BCUT2D eigenvalue weighted by atomic mass is 10.0. The number of rotatable bonds is 4. The summed E-state index contributed by atoms with van der Waals surface area (Å²) in [4.78, 5) is 4.79. The summed E-state index contributed by atoms with van der Waals surface area (Å²) in [5.74, 6) is 0.864. The van der Waals surface area contributed by atoms with Crippen molar-refractivity contribution in [1.29, 1.82) is 0 Å². The largest absolute Gasteiger partial charge is 0.496 e. The topological polar surface area (TPSA) is 34.2 Å². The average Bonchev–Trinajstić information content (AvgIpc) is 3.02. The lowest BCUT2D eigenvalue weighted by Crippen LogP contribution is -2.11. The summed E-state index contributed by atoms with van der Waals surface area (Å²) in [5, 5.41) is 8.79. The van der Waals surface area contributed by atoms with E-state index in [0.29, 0.717) is 0 Å². The van der Waals surface area contributed by atoms with Gasteiger partial charge in [0, 0.05) is 5.38 Å². The first kappa shape index (κ1) is 14.0. The van der Waals surface area contributed by atoms with E-state index in [4.69, 9.17) is 9.72 Å². The van der Waals surface area contributed by atoms with E-state index >= 15 is 0 Å². The third-order valence-corrected chi connectivity index (χ3v) is 4.72. The lowest BCUT2D eigenvalue weighted by Gasteiger charge is -2.10. The van der Waals surface area contributed by atoms with Crippen molar-refractivity contribution < 1.29 is 4.74 Å². The van der Waals surface area contributed by atoms with Crippen LogP contribution in [-0.4, -0.2) is 19.1 Å². The molecule has 1 unspecified atom stereocenters. The van der Waals surface area contributed by atoms with Gasteiger partial charge in [0.15, 0.2) is 0 Å². The molecule has 1 N–H and O–H groups in total. The molecule has 0 aliphatic heterocycles. The van der Waals surface area contributed by atoms with Crippen LogP contribution in [0, 0.1) is 0 Å². The zero-order chi connectivity index (χ0) is 14.8. The van der Waals surface area contributed by atoms with Crippen LogP contribution < -0.4 is 10.1 Å². The number of hydrogen-bond donors (Lipinski definition) is 1. The number of aromatic nitrogens is 1. The van der Waals surface area contributed by atoms with Crippen LogP contribution in [0.1, 0.15) is 18.0 Å². The van der Waals surface area contributed by atoms with E-state index in [0.717, 1.165) is 22.0 Å². The van der Waals surface area contributed by atoms with Crippen LogP contribution in [0.4, 0.5) is 0 Å². The summed E-state index contributed by atoms with van der Waals surface area (Å²) in [6, 6.07) is 12.7. The summed E-state index contributed by atoms with van der Waals surface area (Å²) in [5.41, 5.74) is 2.05. The van der Waals surface area contributed by atoms with Gasteiger partial charge in [-0.2, -0.15) is 0 Å². The van der Waals surface area contributed by atoms with E-state index in [1.807, 2.05) is 19.2 Å². The standard InChI is InChI=1S/C17H18N2OS/c1-11(18-2)17-19-14(10-21-17)16-13-7-5-4-6-12(13)8-9-15(16)20-3/h4-11,18H,1-3H3. The molecule has 3 aromatic rings. The molecule has 1 heterocycles.